The maximum Gasteiger partial charge on any atom is 0.0880 e. The summed E-state index contributed by atoms with van der Waals surface area (Å²) in [4.78, 5) is 1.37. The van der Waals surface area contributed by atoms with Crippen LogP contribution in [0.25, 0.3) is 0 Å². The van der Waals surface area contributed by atoms with Gasteiger partial charge in [0.1, 0.15) is 0 Å². The molecule has 1 atom stereocenters. The largest absolute Gasteiger partial charge is 0.376 e. The fraction of sp³-hybridized carbons (Fsp3) is 0.692. The monoisotopic (exact) mass is 317 g/mol. The van der Waals surface area contributed by atoms with Crippen LogP contribution in [0.3, 0.4) is 0 Å². The van der Waals surface area contributed by atoms with Crippen LogP contribution in [0.4, 0.5) is 0 Å². The zero-order chi connectivity index (χ0) is 12.3. The second-order valence-corrected chi connectivity index (χ2v) is 6.40. The van der Waals surface area contributed by atoms with E-state index in [1.54, 1.807) is 0 Å². The molecule has 1 N–H and O–H groups in total. The first-order chi connectivity index (χ1) is 8.23. The van der Waals surface area contributed by atoms with E-state index < -0.39 is 0 Å². The highest BCUT2D eigenvalue weighted by atomic mass is 79.9. The van der Waals surface area contributed by atoms with Gasteiger partial charge in [0.05, 0.1) is 11.6 Å². The van der Waals surface area contributed by atoms with Crippen LogP contribution in [-0.2, 0) is 4.74 Å². The second-order valence-electron chi connectivity index (χ2n) is 4.60. The smallest absolute Gasteiger partial charge is 0.0880 e. The fourth-order valence-corrected chi connectivity index (χ4v) is 4.60. The highest BCUT2D eigenvalue weighted by molar-refractivity contribution is 9.10. The van der Waals surface area contributed by atoms with Crippen molar-refractivity contribution in [3.8, 4) is 0 Å². The molecule has 0 aromatic carbocycles. The number of hydrogen-bond donors (Lipinski definition) is 1. The number of thiophene rings is 1. The van der Waals surface area contributed by atoms with Gasteiger partial charge in [-0.15, -0.1) is 11.3 Å². The highest BCUT2D eigenvalue weighted by Crippen LogP contribution is 2.45. The van der Waals surface area contributed by atoms with Gasteiger partial charge in [-0.3, -0.25) is 0 Å². The molecule has 2 nitrogen and oxygen atoms in total. The van der Waals surface area contributed by atoms with Gasteiger partial charge in [0.15, 0.2) is 0 Å². The lowest BCUT2D eigenvalue weighted by molar-refractivity contribution is -0.0356. The predicted molar refractivity (Wildman–Crippen MR) is 76.6 cm³/mol. The molecule has 17 heavy (non-hydrogen) atoms. The lowest BCUT2D eigenvalue weighted by atomic mass is 9.90. The molecule has 0 bridgehead atoms. The Labute approximate surface area is 116 Å². The molecule has 0 saturated heterocycles. The van der Waals surface area contributed by atoms with Crippen LogP contribution in [-0.4, -0.2) is 19.3 Å². The SMILES string of the molecule is CCNC(c1sccc1Br)C1(OC)CCCC1. The van der Waals surface area contributed by atoms with Crippen LogP contribution in [0.1, 0.15) is 43.5 Å². The average Bonchev–Trinajstić information content (AvgIpc) is 2.96. The van der Waals surface area contributed by atoms with Crippen LogP contribution < -0.4 is 5.32 Å². The third-order valence-corrected chi connectivity index (χ3v) is 5.63. The Morgan fingerprint density at radius 2 is 2.24 bits per heavy atom. The summed E-state index contributed by atoms with van der Waals surface area (Å²) in [5.74, 6) is 0. The molecule has 0 aliphatic heterocycles. The molecule has 4 heteroatoms. The minimum Gasteiger partial charge on any atom is -0.376 e. The van der Waals surface area contributed by atoms with Crippen LogP contribution in [0, 0.1) is 0 Å². The van der Waals surface area contributed by atoms with Crippen molar-refractivity contribution in [2.75, 3.05) is 13.7 Å². The lowest BCUT2D eigenvalue weighted by Gasteiger charge is -2.36. The van der Waals surface area contributed by atoms with Gasteiger partial charge in [-0.05, 0) is 46.8 Å². The van der Waals surface area contributed by atoms with E-state index in [0.717, 1.165) is 19.4 Å². The van der Waals surface area contributed by atoms with Crippen LogP contribution >= 0.6 is 27.3 Å². The number of halogens is 1. The van der Waals surface area contributed by atoms with Gasteiger partial charge in [-0.25, -0.2) is 0 Å². The number of hydrogen-bond acceptors (Lipinski definition) is 3. The number of nitrogens with one attached hydrogen (secondary N) is 1. The van der Waals surface area contributed by atoms with Crippen molar-refractivity contribution in [2.24, 2.45) is 0 Å². The summed E-state index contributed by atoms with van der Waals surface area (Å²) in [7, 11) is 1.86. The normalized spacial score (nSPS) is 20.6. The average molecular weight is 318 g/mol. The lowest BCUT2D eigenvalue weighted by Crippen LogP contribution is -2.43. The predicted octanol–water partition coefficient (Wildman–Crippen LogP) is 4.12. The quantitative estimate of drug-likeness (QED) is 0.882. The molecule has 1 unspecified atom stereocenters. The van der Waals surface area contributed by atoms with Crippen LogP contribution in [0.5, 0.6) is 0 Å². The van der Waals surface area contributed by atoms with Gasteiger partial charge < -0.3 is 10.1 Å². The first-order valence-corrected chi connectivity index (χ1v) is 7.92. The Morgan fingerprint density at radius 3 is 2.71 bits per heavy atom. The Morgan fingerprint density at radius 1 is 1.53 bits per heavy atom. The molecule has 0 radical (unpaired) electrons. The number of rotatable bonds is 5. The van der Waals surface area contributed by atoms with E-state index in [2.05, 4.69) is 39.6 Å². The number of likely N-dealkylation sites (N-methyl/N-ethyl adjacent to an activating group) is 1. The number of ether oxygens (including phenoxy) is 1. The third kappa shape index (κ3) is 2.60. The molecule has 0 spiro atoms. The van der Waals surface area contributed by atoms with Crippen LogP contribution in [0.2, 0.25) is 0 Å². The van der Waals surface area contributed by atoms with Crippen molar-refractivity contribution in [3.63, 3.8) is 0 Å². The molecule has 1 heterocycles. The molecular weight excluding hydrogens is 298 g/mol. The zero-order valence-corrected chi connectivity index (χ0v) is 12.9. The summed E-state index contributed by atoms with van der Waals surface area (Å²) < 4.78 is 7.12. The molecule has 1 saturated carbocycles. The fourth-order valence-electron chi connectivity index (χ4n) is 2.82. The molecule has 1 aliphatic carbocycles. The van der Waals surface area contributed by atoms with Gasteiger partial charge in [-0.1, -0.05) is 19.8 Å². The van der Waals surface area contributed by atoms with Gasteiger partial charge in [-0.2, -0.15) is 0 Å². The molecular formula is C13H20BrNOS. The van der Waals surface area contributed by atoms with Crippen molar-refractivity contribution in [1.82, 2.24) is 5.32 Å². The summed E-state index contributed by atoms with van der Waals surface area (Å²) in [6, 6.07) is 2.44. The maximum atomic E-state index is 5.92. The molecule has 1 fully saturated rings. The Bertz CT molecular complexity index is 360. The topological polar surface area (TPSA) is 21.3 Å². The van der Waals surface area contributed by atoms with Crippen molar-refractivity contribution < 1.29 is 4.74 Å². The van der Waals surface area contributed by atoms with Gasteiger partial charge in [0.2, 0.25) is 0 Å². The molecule has 1 aromatic rings. The highest BCUT2D eigenvalue weighted by Gasteiger charge is 2.43. The van der Waals surface area contributed by atoms with E-state index in [0.29, 0.717) is 6.04 Å². The standard InChI is InChI=1S/C13H20BrNOS/c1-3-15-12(11-10(14)6-9-17-11)13(16-2)7-4-5-8-13/h6,9,12,15H,3-5,7-8H2,1-2H3. The molecule has 1 aliphatic rings. The maximum absolute atomic E-state index is 5.92. The van der Waals surface area contributed by atoms with E-state index in [1.807, 2.05) is 18.4 Å². The number of methoxy groups -OCH3 is 1. The minimum atomic E-state index is -0.0105. The van der Waals surface area contributed by atoms with E-state index in [9.17, 15) is 0 Å². The Hall–Kier alpha value is 0.1000. The minimum absolute atomic E-state index is 0.0105. The summed E-state index contributed by atoms with van der Waals surface area (Å²) in [6.45, 7) is 3.13. The Kier molecular flexibility index (Phi) is 4.64. The van der Waals surface area contributed by atoms with E-state index in [4.69, 9.17) is 4.74 Å². The van der Waals surface area contributed by atoms with E-state index in [-0.39, 0.29) is 5.60 Å². The third-order valence-electron chi connectivity index (χ3n) is 3.70. The second kappa shape index (κ2) is 5.83. The van der Waals surface area contributed by atoms with E-state index >= 15 is 0 Å². The summed E-state index contributed by atoms with van der Waals surface area (Å²) >= 11 is 5.46. The summed E-state index contributed by atoms with van der Waals surface area (Å²) in [5, 5.41) is 5.76. The molecule has 1 aromatic heterocycles. The van der Waals surface area contributed by atoms with Crippen molar-refractivity contribution in [3.05, 3.63) is 20.8 Å². The summed E-state index contributed by atoms with van der Waals surface area (Å²) in [6.07, 6.45) is 4.87. The Balaban J connectivity index is 2.31. The van der Waals surface area contributed by atoms with E-state index in [1.165, 1.54) is 22.2 Å². The zero-order valence-electron chi connectivity index (χ0n) is 10.5. The van der Waals surface area contributed by atoms with Crippen molar-refractivity contribution >= 4 is 27.3 Å². The van der Waals surface area contributed by atoms with Gasteiger partial charge >= 0.3 is 0 Å². The van der Waals surface area contributed by atoms with Gasteiger partial charge in [0, 0.05) is 16.5 Å². The van der Waals surface area contributed by atoms with Crippen molar-refractivity contribution in [2.45, 2.75) is 44.2 Å². The molecule has 96 valence electrons. The van der Waals surface area contributed by atoms with Gasteiger partial charge in [0.25, 0.3) is 0 Å². The molecule has 0 amide bonds. The van der Waals surface area contributed by atoms with Crippen molar-refractivity contribution in [1.29, 1.82) is 0 Å². The molecule has 2 rings (SSSR count). The van der Waals surface area contributed by atoms with Crippen LogP contribution in [0.15, 0.2) is 15.9 Å². The first kappa shape index (κ1) is 13.5. The summed E-state index contributed by atoms with van der Waals surface area (Å²) in [5.41, 5.74) is -0.0105. The first-order valence-electron chi connectivity index (χ1n) is 6.25.